The van der Waals surface area contributed by atoms with E-state index in [-0.39, 0.29) is 0 Å². The van der Waals surface area contributed by atoms with Gasteiger partial charge in [0.05, 0.1) is 12.6 Å². The second-order valence-corrected chi connectivity index (χ2v) is 2.93. The number of nitrogens with one attached hydrogen (secondary N) is 2. The monoisotopic (exact) mass is 201 g/mol. The van der Waals surface area contributed by atoms with Gasteiger partial charge in [0.1, 0.15) is 11.8 Å². The van der Waals surface area contributed by atoms with Crippen molar-refractivity contribution in [2.45, 2.75) is 0 Å². The van der Waals surface area contributed by atoms with Gasteiger partial charge in [-0.05, 0) is 6.07 Å². The first-order chi connectivity index (χ1) is 7.43. The minimum atomic E-state index is 0.624. The van der Waals surface area contributed by atoms with Crippen LogP contribution >= 0.6 is 0 Å². The normalized spacial score (nSPS) is 10.7. The number of nitrogens with zero attached hydrogens (tertiary/aromatic N) is 3. The maximum absolute atomic E-state index is 5.16. The Kier molecular flexibility index (Phi) is 1.64. The van der Waals surface area contributed by atoms with E-state index in [4.69, 9.17) is 4.42 Å². The molecule has 0 saturated carbocycles. The molecule has 6 nitrogen and oxygen atoms in total. The summed E-state index contributed by atoms with van der Waals surface area (Å²) in [4.78, 5) is 15.1. The fourth-order valence-electron chi connectivity index (χ4n) is 1.33. The quantitative estimate of drug-likeness (QED) is 0.659. The minimum Gasteiger partial charge on any atom is -0.449 e. The van der Waals surface area contributed by atoms with E-state index in [9.17, 15) is 0 Å². The zero-order valence-electron chi connectivity index (χ0n) is 7.64. The predicted octanol–water partition coefficient (Wildman–Crippen LogP) is 1.69. The Morgan fingerprint density at radius 3 is 3.13 bits per heavy atom. The first-order valence-corrected chi connectivity index (χ1v) is 4.38. The Hall–Kier alpha value is -2.37. The number of furan rings is 1. The summed E-state index contributed by atoms with van der Waals surface area (Å²) in [5.41, 5.74) is 1.38. The van der Waals surface area contributed by atoms with Crippen molar-refractivity contribution in [3.8, 4) is 0 Å². The van der Waals surface area contributed by atoms with Crippen molar-refractivity contribution in [2.75, 3.05) is 5.32 Å². The molecule has 0 aromatic carbocycles. The average Bonchev–Trinajstić information content (AvgIpc) is 2.87. The van der Waals surface area contributed by atoms with Gasteiger partial charge in [-0.25, -0.2) is 15.0 Å². The molecular weight excluding hydrogens is 194 g/mol. The number of anilines is 2. The van der Waals surface area contributed by atoms with Gasteiger partial charge in [0, 0.05) is 6.07 Å². The maximum atomic E-state index is 5.16. The van der Waals surface area contributed by atoms with Gasteiger partial charge in [0.2, 0.25) is 0 Å². The highest BCUT2D eigenvalue weighted by Gasteiger charge is 2.06. The number of hydrogen-bond donors (Lipinski definition) is 2. The summed E-state index contributed by atoms with van der Waals surface area (Å²) in [5, 5.41) is 3.02. The highest BCUT2D eigenvalue weighted by molar-refractivity contribution is 5.83. The maximum Gasteiger partial charge on any atom is 0.198 e. The highest BCUT2D eigenvalue weighted by Crippen LogP contribution is 2.19. The Morgan fingerprint density at radius 1 is 1.27 bits per heavy atom. The molecule has 15 heavy (non-hydrogen) atoms. The van der Waals surface area contributed by atoms with Crippen LogP contribution in [0.2, 0.25) is 0 Å². The smallest absolute Gasteiger partial charge is 0.198 e. The number of aromatic amines is 1. The number of hydrogen-bond acceptors (Lipinski definition) is 5. The zero-order valence-corrected chi connectivity index (χ0v) is 7.64. The molecule has 0 fully saturated rings. The van der Waals surface area contributed by atoms with E-state index in [0.29, 0.717) is 17.3 Å². The number of aromatic nitrogens is 4. The van der Waals surface area contributed by atoms with Crippen LogP contribution in [0.5, 0.6) is 0 Å². The lowest BCUT2D eigenvalue weighted by molar-refractivity contribution is 0.585. The molecule has 0 radical (unpaired) electrons. The van der Waals surface area contributed by atoms with Crippen LogP contribution in [0.3, 0.4) is 0 Å². The van der Waals surface area contributed by atoms with Gasteiger partial charge in [-0.1, -0.05) is 0 Å². The lowest BCUT2D eigenvalue weighted by Gasteiger charge is -2.01. The topological polar surface area (TPSA) is 79.6 Å². The average molecular weight is 201 g/mol. The van der Waals surface area contributed by atoms with Crippen LogP contribution in [-0.4, -0.2) is 19.9 Å². The van der Waals surface area contributed by atoms with Crippen molar-refractivity contribution in [2.24, 2.45) is 0 Å². The van der Waals surface area contributed by atoms with Crippen LogP contribution in [0.1, 0.15) is 0 Å². The molecule has 0 bridgehead atoms. The molecule has 74 valence electrons. The molecule has 3 aromatic heterocycles. The van der Waals surface area contributed by atoms with Crippen LogP contribution in [0.4, 0.5) is 11.7 Å². The van der Waals surface area contributed by atoms with E-state index in [0.717, 1.165) is 5.52 Å². The molecule has 2 N–H and O–H groups in total. The van der Waals surface area contributed by atoms with Crippen LogP contribution in [0, 0.1) is 0 Å². The van der Waals surface area contributed by atoms with Crippen molar-refractivity contribution in [3.05, 3.63) is 31.1 Å². The molecule has 3 heterocycles. The van der Waals surface area contributed by atoms with E-state index < -0.39 is 0 Å². The zero-order chi connectivity index (χ0) is 10.1. The summed E-state index contributed by atoms with van der Waals surface area (Å²) in [6.45, 7) is 0. The lowest BCUT2D eigenvalue weighted by Crippen LogP contribution is -1.94. The molecule has 0 aliphatic rings. The van der Waals surface area contributed by atoms with Gasteiger partial charge in [0.25, 0.3) is 0 Å². The number of fused-ring (bicyclic) bond motifs is 1. The molecule has 0 spiro atoms. The lowest BCUT2D eigenvalue weighted by atomic mass is 10.5. The van der Waals surface area contributed by atoms with Crippen LogP contribution < -0.4 is 5.32 Å². The van der Waals surface area contributed by atoms with Gasteiger partial charge in [-0.15, -0.1) is 0 Å². The summed E-state index contributed by atoms with van der Waals surface area (Å²) in [5.74, 6) is 1.28. The highest BCUT2D eigenvalue weighted by atomic mass is 16.3. The number of imidazole rings is 1. The number of H-pyrrole nitrogens is 1. The van der Waals surface area contributed by atoms with Crippen LogP contribution in [0.25, 0.3) is 11.2 Å². The Labute approximate surface area is 84.4 Å². The fourth-order valence-corrected chi connectivity index (χ4v) is 1.33. The Bertz CT molecular complexity index is 571. The van der Waals surface area contributed by atoms with Crippen LogP contribution in [0.15, 0.2) is 35.5 Å². The van der Waals surface area contributed by atoms with Gasteiger partial charge in [-0.3, -0.25) is 0 Å². The third kappa shape index (κ3) is 1.32. The molecule has 3 aromatic rings. The summed E-state index contributed by atoms with van der Waals surface area (Å²) in [6.07, 6.45) is 4.62. The number of rotatable bonds is 2. The third-order valence-corrected chi connectivity index (χ3v) is 1.99. The second kappa shape index (κ2) is 3.09. The van der Waals surface area contributed by atoms with E-state index in [1.54, 1.807) is 18.7 Å². The molecule has 0 saturated heterocycles. The van der Waals surface area contributed by atoms with Gasteiger partial charge < -0.3 is 14.7 Å². The van der Waals surface area contributed by atoms with Crippen molar-refractivity contribution in [1.82, 2.24) is 19.9 Å². The second-order valence-electron chi connectivity index (χ2n) is 2.93. The molecule has 0 amide bonds. The van der Waals surface area contributed by atoms with E-state index >= 15 is 0 Å². The molecule has 0 aliphatic carbocycles. The first kappa shape index (κ1) is 7.98. The summed E-state index contributed by atoms with van der Waals surface area (Å²) in [6, 6.07) is 3.61. The van der Waals surface area contributed by atoms with E-state index in [1.165, 1.54) is 6.33 Å². The van der Waals surface area contributed by atoms with E-state index in [2.05, 4.69) is 25.3 Å². The fraction of sp³-hybridized carbons (Fsp3) is 0. The molecular formula is C9H7N5O. The van der Waals surface area contributed by atoms with Crippen molar-refractivity contribution < 1.29 is 4.42 Å². The largest absolute Gasteiger partial charge is 0.449 e. The van der Waals surface area contributed by atoms with Gasteiger partial charge in [0.15, 0.2) is 17.3 Å². The Balaban J connectivity index is 2.07. The standard InChI is InChI=1S/C9H7N5O/c1-2-6(15-3-1)14-9-7-8(11-4-10-7)12-5-13-9/h1-5H,(H2,10,11,12,13,14). The molecule has 6 heteroatoms. The summed E-state index contributed by atoms with van der Waals surface area (Å²) < 4.78 is 5.16. The van der Waals surface area contributed by atoms with Crippen molar-refractivity contribution >= 4 is 22.9 Å². The van der Waals surface area contributed by atoms with Crippen molar-refractivity contribution in [3.63, 3.8) is 0 Å². The van der Waals surface area contributed by atoms with Crippen molar-refractivity contribution in [1.29, 1.82) is 0 Å². The first-order valence-electron chi connectivity index (χ1n) is 4.38. The predicted molar refractivity (Wildman–Crippen MR) is 53.7 cm³/mol. The third-order valence-electron chi connectivity index (χ3n) is 1.99. The SMILES string of the molecule is c1coc(Nc2ncnc3nc[nH]c23)c1. The Morgan fingerprint density at radius 2 is 2.27 bits per heavy atom. The molecule has 0 atom stereocenters. The van der Waals surface area contributed by atoms with Crippen LogP contribution in [-0.2, 0) is 0 Å². The molecule has 0 aliphatic heterocycles. The van der Waals surface area contributed by atoms with Gasteiger partial charge in [-0.2, -0.15) is 0 Å². The molecule has 0 unspecified atom stereocenters. The summed E-state index contributed by atoms with van der Waals surface area (Å²) >= 11 is 0. The van der Waals surface area contributed by atoms with Gasteiger partial charge >= 0.3 is 0 Å². The molecule has 3 rings (SSSR count). The summed E-state index contributed by atoms with van der Waals surface area (Å²) in [7, 11) is 0. The minimum absolute atomic E-state index is 0.624. The van der Waals surface area contributed by atoms with E-state index in [1.807, 2.05) is 6.07 Å².